The molecule has 5 rings (SSSR count). The lowest BCUT2D eigenvalue weighted by atomic mass is 9.82. The van der Waals surface area contributed by atoms with Gasteiger partial charge in [0, 0.05) is 32.5 Å². The summed E-state index contributed by atoms with van der Waals surface area (Å²) in [4.78, 5) is 83.0. The second kappa shape index (κ2) is 15.3. The van der Waals surface area contributed by atoms with Crippen molar-refractivity contribution < 1.29 is 38.6 Å². The average Bonchev–Trinajstić information content (AvgIpc) is 3.67. The van der Waals surface area contributed by atoms with Crippen LogP contribution in [-0.2, 0) is 36.9 Å². The summed E-state index contributed by atoms with van der Waals surface area (Å²) in [6.07, 6.45) is 5.34. The van der Waals surface area contributed by atoms with E-state index < -0.39 is 71.0 Å². The molecule has 4 aliphatic rings. The first-order valence-electron chi connectivity index (χ1n) is 18.0. The molecule has 0 radical (unpaired) electrons. The number of likely N-dealkylation sites (tertiary alicyclic amines) is 1. The Balaban J connectivity index is 1.33. The highest BCUT2D eigenvalue weighted by Crippen LogP contribution is 2.45. The molecular formula is C37H52N6O8. The number of fused-ring (bicyclic) bond motifs is 1. The molecule has 0 spiro atoms. The van der Waals surface area contributed by atoms with Crippen molar-refractivity contribution >= 4 is 35.8 Å². The molecule has 2 aliphatic carbocycles. The molecule has 6 amide bonds. The van der Waals surface area contributed by atoms with Gasteiger partial charge in [-0.1, -0.05) is 70.4 Å². The zero-order valence-electron chi connectivity index (χ0n) is 30.0. The van der Waals surface area contributed by atoms with Gasteiger partial charge in [0.2, 0.25) is 17.7 Å². The lowest BCUT2D eigenvalue weighted by Gasteiger charge is -2.35. The number of ether oxygens (including phenoxy) is 1. The Morgan fingerprint density at radius 1 is 1.02 bits per heavy atom. The van der Waals surface area contributed by atoms with Crippen molar-refractivity contribution in [3.63, 3.8) is 0 Å². The molecule has 14 nitrogen and oxygen atoms in total. The first kappa shape index (κ1) is 37.6. The third-order valence-electron chi connectivity index (χ3n) is 10.9. The van der Waals surface area contributed by atoms with Crippen molar-refractivity contribution in [2.24, 2.45) is 17.3 Å². The van der Waals surface area contributed by atoms with E-state index in [0.717, 1.165) is 43.2 Å². The number of amides is 6. The molecule has 2 unspecified atom stereocenters. The highest BCUT2D eigenvalue weighted by atomic mass is 16.6. The number of rotatable bonds is 10. The van der Waals surface area contributed by atoms with Gasteiger partial charge in [0.25, 0.3) is 0 Å². The summed E-state index contributed by atoms with van der Waals surface area (Å²) in [5.41, 5.74) is -0.193. The molecule has 51 heavy (non-hydrogen) atoms. The maximum Gasteiger partial charge on any atom is 0.410 e. The second-order valence-corrected chi connectivity index (χ2v) is 15.4. The number of nitrogens with one attached hydrogen (secondary N) is 4. The minimum atomic E-state index is -1.56. The molecule has 1 aromatic rings. The lowest BCUT2D eigenvalue weighted by Crippen LogP contribution is -2.61. The summed E-state index contributed by atoms with van der Waals surface area (Å²) in [6, 6.07) is 3.97. The Labute approximate surface area is 299 Å². The second-order valence-electron chi connectivity index (χ2n) is 15.4. The molecule has 0 aromatic heterocycles. The fourth-order valence-electron chi connectivity index (χ4n) is 7.67. The average molecular weight is 709 g/mol. The first-order chi connectivity index (χ1) is 24.2. The van der Waals surface area contributed by atoms with Gasteiger partial charge < -0.3 is 40.9 Å². The van der Waals surface area contributed by atoms with Gasteiger partial charge >= 0.3 is 18.1 Å². The van der Waals surface area contributed by atoms with Crippen LogP contribution in [-0.4, -0.2) is 101 Å². The summed E-state index contributed by atoms with van der Waals surface area (Å²) in [5.74, 6) is -3.26. The maximum atomic E-state index is 14.1. The Bertz CT molecular complexity index is 1540. The SMILES string of the molecule is C=CC1CC1(NC(=O)N1C[C@@H](OC(=O)N2CCc3ccccc3C2)C[C@H]1C(=O)N[C@H](C(=O)N[C@H](C(=O)NC)C1CCCCC1)C(C)(C)C)C(=O)O. The van der Waals surface area contributed by atoms with Crippen LogP contribution in [0.15, 0.2) is 36.9 Å². The molecule has 2 heterocycles. The van der Waals surface area contributed by atoms with E-state index in [4.69, 9.17) is 4.74 Å². The molecule has 14 heteroatoms. The van der Waals surface area contributed by atoms with Crippen LogP contribution in [0.5, 0.6) is 0 Å². The number of urea groups is 1. The van der Waals surface area contributed by atoms with Crippen LogP contribution >= 0.6 is 0 Å². The third kappa shape index (κ3) is 8.31. The first-order valence-corrected chi connectivity index (χ1v) is 18.0. The Morgan fingerprint density at radius 2 is 1.71 bits per heavy atom. The Morgan fingerprint density at radius 3 is 2.31 bits per heavy atom. The molecular weight excluding hydrogens is 656 g/mol. The quantitative estimate of drug-likeness (QED) is 0.230. The van der Waals surface area contributed by atoms with Crippen LogP contribution in [0, 0.1) is 17.3 Å². The van der Waals surface area contributed by atoms with E-state index in [9.17, 15) is 33.9 Å². The molecule has 5 N–H and O–H groups in total. The van der Waals surface area contributed by atoms with E-state index in [-0.39, 0.29) is 31.2 Å². The van der Waals surface area contributed by atoms with Gasteiger partial charge in [-0.25, -0.2) is 14.4 Å². The van der Waals surface area contributed by atoms with Crippen LogP contribution in [0.25, 0.3) is 0 Å². The molecule has 3 fully saturated rings. The van der Waals surface area contributed by atoms with E-state index in [2.05, 4.69) is 27.8 Å². The molecule has 1 saturated heterocycles. The zero-order valence-corrected chi connectivity index (χ0v) is 30.0. The monoisotopic (exact) mass is 708 g/mol. The summed E-state index contributed by atoms with van der Waals surface area (Å²) in [6.45, 7) is 9.67. The number of hydrogen-bond acceptors (Lipinski definition) is 7. The number of carboxylic acid groups (broad SMARTS) is 1. The number of likely N-dealkylation sites (N-methyl/N-ethyl adjacent to an activating group) is 1. The largest absolute Gasteiger partial charge is 0.479 e. The molecule has 6 atom stereocenters. The Kier molecular flexibility index (Phi) is 11.3. The van der Waals surface area contributed by atoms with Gasteiger partial charge in [-0.2, -0.15) is 0 Å². The summed E-state index contributed by atoms with van der Waals surface area (Å²) in [7, 11) is 1.52. The molecule has 0 bridgehead atoms. The number of carbonyl (C=O) groups is 6. The van der Waals surface area contributed by atoms with Crippen molar-refractivity contribution in [3.05, 3.63) is 48.0 Å². The van der Waals surface area contributed by atoms with E-state index in [0.29, 0.717) is 19.5 Å². The number of benzene rings is 1. The van der Waals surface area contributed by atoms with Crippen LogP contribution in [0.4, 0.5) is 9.59 Å². The van der Waals surface area contributed by atoms with Crippen LogP contribution < -0.4 is 21.3 Å². The van der Waals surface area contributed by atoms with Crippen molar-refractivity contribution in [1.29, 1.82) is 0 Å². The molecule has 278 valence electrons. The lowest BCUT2D eigenvalue weighted by molar-refractivity contribution is -0.140. The molecule has 2 saturated carbocycles. The third-order valence-corrected chi connectivity index (χ3v) is 10.9. The predicted octanol–water partition coefficient (Wildman–Crippen LogP) is 2.71. The number of aliphatic carboxylic acids is 1. The number of carboxylic acids is 1. The van der Waals surface area contributed by atoms with Crippen molar-refractivity contribution in [1.82, 2.24) is 31.1 Å². The topological polar surface area (TPSA) is 186 Å². The number of hydrogen-bond donors (Lipinski definition) is 5. The highest BCUT2D eigenvalue weighted by molar-refractivity contribution is 5.96. The van der Waals surface area contributed by atoms with Crippen molar-refractivity contribution in [2.45, 2.75) is 108 Å². The smallest absolute Gasteiger partial charge is 0.410 e. The van der Waals surface area contributed by atoms with Crippen molar-refractivity contribution in [2.75, 3.05) is 20.1 Å². The number of nitrogens with zero attached hydrogens (tertiary/aromatic N) is 2. The van der Waals surface area contributed by atoms with E-state index >= 15 is 0 Å². The summed E-state index contributed by atoms with van der Waals surface area (Å²) < 4.78 is 5.87. The van der Waals surface area contributed by atoms with Crippen LogP contribution in [0.3, 0.4) is 0 Å². The molecule has 1 aromatic carbocycles. The van der Waals surface area contributed by atoms with Crippen molar-refractivity contribution in [3.8, 4) is 0 Å². The minimum Gasteiger partial charge on any atom is -0.479 e. The van der Waals surface area contributed by atoms with E-state index in [1.807, 2.05) is 24.3 Å². The normalized spacial score (nSPS) is 25.8. The zero-order chi connectivity index (χ0) is 37.1. The van der Waals surface area contributed by atoms with Gasteiger partial charge in [-0.3, -0.25) is 14.4 Å². The van der Waals surface area contributed by atoms with Gasteiger partial charge in [-0.05, 0) is 48.1 Å². The van der Waals surface area contributed by atoms with Gasteiger partial charge in [0.05, 0.1) is 6.54 Å². The van der Waals surface area contributed by atoms with Gasteiger partial charge in [-0.15, -0.1) is 6.58 Å². The van der Waals surface area contributed by atoms with E-state index in [1.165, 1.54) is 18.0 Å². The summed E-state index contributed by atoms with van der Waals surface area (Å²) in [5, 5.41) is 20.9. The standard InChI is InChI=1S/C37H52N6O8/c1-6-25-19-37(25,33(47)48)41-34(49)43-21-26(51-35(50)42-17-16-22-12-10-11-15-24(22)20-42)18-27(43)30(44)40-29(36(2,3)4)32(46)39-28(31(45)38-5)23-13-8-7-9-14-23/h6,10-12,15,23,25-29H,1,7-9,13-14,16-21H2,2-5H3,(H,38,45)(H,39,46)(H,40,44)(H,41,49)(H,47,48)/t25?,26-,27-,28-,29+,37?/m0/s1. The summed E-state index contributed by atoms with van der Waals surface area (Å²) >= 11 is 0. The van der Waals surface area contributed by atoms with E-state index in [1.54, 1.807) is 25.7 Å². The molecule has 2 aliphatic heterocycles. The Hall–Kier alpha value is -4.62. The minimum absolute atomic E-state index is 0.0415. The fourth-order valence-corrected chi connectivity index (χ4v) is 7.67. The fraction of sp³-hybridized carbons (Fsp3) is 0.622. The predicted molar refractivity (Wildman–Crippen MR) is 187 cm³/mol. The van der Waals surface area contributed by atoms with Crippen LogP contribution in [0.2, 0.25) is 0 Å². The van der Waals surface area contributed by atoms with Crippen LogP contribution in [0.1, 0.15) is 76.8 Å². The number of carbonyl (C=O) groups excluding carboxylic acids is 5. The highest BCUT2D eigenvalue weighted by Gasteiger charge is 2.61. The van der Waals surface area contributed by atoms with Gasteiger partial charge in [0.15, 0.2) is 0 Å². The maximum absolute atomic E-state index is 14.1. The van der Waals surface area contributed by atoms with Gasteiger partial charge in [0.1, 0.15) is 29.8 Å².